The van der Waals surface area contributed by atoms with Crippen LogP contribution in [0.4, 0.5) is 5.69 Å². The number of rotatable bonds is 4. The Morgan fingerprint density at radius 3 is 2.79 bits per heavy atom. The van der Waals surface area contributed by atoms with Crippen molar-refractivity contribution in [2.24, 2.45) is 0 Å². The van der Waals surface area contributed by atoms with Gasteiger partial charge in [0.2, 0.25) is 10.0 Å². The second-order valence-corrected chi connectivity index (χ2v) is 6.39. The second kappa shape index (κ2) is 5.23. The molecule has 0 fully saturated rings. The van der Waals surface area contributed by atoms with Gasteiger partial charge in [0, 0.05) is 4.47 Å². The summed E-state index contributed by atoms with van der Waals surface area (Å²) in [7, 11) is -3.75. The van der Waals surface area contributed by atoms with E-state index in [9.17, 15) is 8.42 Å². The smallest absolute Gasteiger partial charge is 0.243 e. The molecule has 1 heterocycles. The van der Waals surface area contributed by atoms with Gasteiger partial charge in [0.15, 0.2) is 5.82 Å². The van der Waals surface area contributed by atoms with Gasteiger partial charge in [-0.1, -0.05) is 21.1 Å². The zero-order valence-corrected chi connectivity index (χ0v) is 12.2. The molecule has 0 saturated carbocycles. The molecule has 19 heavy (non-hydrogen) atoms. The fourth-order valence-corrected chi connectivity index (χ4v) is 3.16. The minimum absolute atomic E-state index is 0.00560. The van der Waals surface area contributed by atoms with Gasteiger partial charge in [-0.05, 0) is 25.1 Å². The molecule has 1 atom stereocenters. The molecule has 10 heteroatoms. The molecular weight excluding hydrogens is 336 g/mol. The third-order valence-corrected chi connectivity index (χ3v) is 4.45. The quantitative estimate of drug-likeness (QED) is 0.695. The van der Waals surface area contributed by atoms with Crippen molar-refractivity contribution in [3.63, 3.8) is 0 Å². The van der Waals surface area contributed by atoms with Gasteiger partial charge in [0.25, 0.3) is 0 Å². The zero-order chi connectivity index (χ0) is 14.0. The maximum atomic E-state index is 12.2. The number of nitrogens with one attached hydrogen (secondary N) is 2. The maximum Gasteiger partial charge on any atom is 0.243 e. The van der Waals surface area contributed by atoms with Crippen molar-refractivity contribution in [2.45, 2.75) is 17.9 Å². The van der Waals surface area contributed by atoms with Crippen LogP contribution in [0.1, 0.15) is 18.8 Å². The fourth-order valence-electron chi connectivity index (χ4n) is 1.47. The Kier molecular flexibility index (Phi) is 3.83. The predicted octanol–water partition coefficient (Wildman–Crippen LogP) is 0.584. The van der Waals surface area contributed by atoms with Crippen LogP contribution in [-0.2, 0) is 10.0 Å². The molecule has 2 aromatic rings. The third-order valence-electron chi connectivity index (χ3n) is 2.34. The summed E-state index contributed by atoms with van der Waals surface area (Å²) in [5.74, 6) is 0.249. The van der Waals surface area contributed by atoms with E-state index in [-0.39, 0.29) is 16.4 Å². The number of aromatic amines is 1. The number of benzene rings is 1. The lowest BCUT2D eigenvalue weighted by atomic mass is 10.3. The van der Waals surface area contributed by atoms with E-state index < -0.39 is 16.1 Å². The van der Waals surface area contributed by atoms with Crippen LogP contribution in [0.25, 0.3) is 0 Å². The Bertz CT molecular complexity index is 672. The van der Waals surface area contributed by atoms with Crippen LogP contribution in [-0.4, -0.2) is 29.0 Å². The number of halogens is 1. The van der Waals surface area contributed by atoms with Crippen molar-refractivity contribution >= 4 is 31.6 Å². The van der Waals surface area contributed by atoms with Crippen LogP contribution in [0.5, 0.6) is 0 Å². The van der Waals surface area contributed by atoms with Crippen molar-refractivity contribution in [3.8, 4) is 0 Å². The molecule has 0 radical (unpaired) electrons. The Morgan fingerprint density at radius 2 is 2.21 bits per heavy atom. The molecule has 0 spiro atoms. The Morgan fingerprint density at radius 1 is 1.47 bits per heavy atom. The summed E-state index contributed by atoms with van der Waals surface area (Å²) in [4.78, 5) is 0.00560. The molecule has 4 N–H and O–H groups in total. The zero-order valence-electron chi connectivity index (χ0n) is 9.83. The van der Waals surface area contributed by atoms with Crippen molar-refractivity contribution in [3.05, 3.63) is 28.5 Å². The first-order valence-electron chi connectivity index (χ1n) is 5.21. The van der Waals surface area contributed by atoms with Crippen LogP contribution in [0.3, 0.4) is 0 Å². The van der Waals surface area contributed by atoms with Crippen LogP contribution in [0.15, 0.2) is 27.6 Å². The molecular formula is C9H11BrN6O2S. The number of hydrogen-bond acceptors (Lipinski definition) is 6. The highest BCUT2D eigenvalue weighted by atomic mass is 79.9. The minimum atomic E-state index is -3.75. The lowest BCUT2D eigenvalue weighted by Gasteiger charge is -2.12. The van der Waals surface area contributed by atoms with Gasteiger partial charge in [0.1, 0.15) is 4.90 Å². The number of aromatic nitrogens is 4. The molecule has 2 rings (SSSR count). The molecule has 0 aliphatic rings. The molecule has 1 unspecified atom stereocenters. The van der Waals surface area contributed by atoms with Crippen molar-refractivity contribution in [1.29, 1.82) is 0 Å². The van der Waals surface area contributed by atoms with Crippen molar-refractivity contribution in [2.75, 3.05) is 5.73 Å². The summed E-state index contributed by atoms with van der Waals surface area (Å²) in [6.07, 6.45) is 0. The number of nitrogens with zero attached hydrogens (tertiary/aromatic N) is 3. The normalized spacial score (nSPS) is 13.4. The number of tetrazole rings is 1. The van der Waals surface area contributed by atoms with Crippen molar-refractivity contribution in [1.82, 2.24) is 25.3 Å². The van der Waals surface area contributed by atoms with E-state index in [1.807, 2.05) is 0 Å². The summed E-state index contributed by atoms with van der Waals surface area (Å²) >= 11 is 3.22. The second-order valence-electron chi connectivity index (χ2n) is 3.80. The highest BCUT2D eigenvalue weighted by molar-refractivity contribution is 9.10. The number of H-pyrrole nitrogens is 1. The number of hydrogen-bond donors (Lipinski definition) is 3. The van der Waals surface area contributed by atoms with Crippen LogP contribution >= 0.6 is 15.9 Å². The fraction of sp³-hybridized carbons (Fsp3) is 0.222. The first kappa shape index (κ1) is 13.9. The highest BCUT2D eigenvalue weighted by Gasteiger charge is 2.22. The lowest BCUT2D eigenvalue weighted by Crippen LogP contribution is -2.28. The van der Waals surface area contributed by atoms with E-state index >= 15 is 0 Å². The van der Waals surface area contributed by atoms with Gasteiger partial charge < -0.3 is 5.73 Å². The SMILES string of the molecule is CC(NS(=O)(=O)c1ccc(Br)cc1N)c1nn[nH]n1. The van der Waals surface area contributed by atoms with Gasteiger partial charge in [0.05, 0.1) is 11.7 Å². The Hall–Kier alpha value is -1.52. The molecule has 1 aromatic heterocycles. The summed E-state index contributed by atoms with van der Waals surface area (Å²) in [5.41, 5.74) is 5.86. The molecule has 0 aliphatic carbocycles. The minimum Gasteiger partial charge on any atom is -0.398 e. The van der Waals surface area contributed by atoms with E-state index in [0.29, 0.717) is 4.47 Å². The predicted molar refractivity (Wildman–Crippen MR) is 71.5 cm³/mol. The maximum absolute atomic E-state index is 12.2. The molecule has 0 amide bonds. The van der Waals surface area contributed by atoms with E-state index in [1.54, 1.807) is 13.0 Å². The molecule has 1 aromatic carbocycles. The topological polar surface area (TPSA) is 127 Å². The van der Waals surface area contributed by atoms with Crippen LogP contribution in [0.2, 0.25) is 0 Å². The largest absolute Gasteiger partial charge is 0.398 e. The molecule has 102 valence electrons. The molecule has 0 bridgehead atoms. The Balaban J connectivity index is 2.28. The monoisotopic (exact) mass is 346 g/mol. The van der Waals surface area contributed by atoms with E-state index in [0.717, 1.165) is 0 Å². The molecule has 0 aliphatic heterocycles. The van der Waals surface area contributed by atoms with Crippen LogP contribution in [0, 0.1) is 0 Å². The van der Waals surface area contributed by atoms with Gasteiger partial charge >= 0.3 is 0 Å². The first-order chi connectivity index (χ1) is 8.90. The summed E-state index contributed by atoms with van der Waals surface area (Å²) in [6, 6.07) is 3.93. The van der Waals surface area contributed by atoms with Gasteiger partial charge in [-0.15, -0.1) is 10.2 Å². The first-order valence-corrected chi connectivity index (χ1v) is 7.48. The average Bonchev–Trinajstić information content (AvgIpc) is 2.80. The number of nitrogen functional groups attached to an aromatic ring is 1. The number of nitrogens with two attached hydrogens (primary N) is 1. The lowest BCUT2D eigenvalue weighted by molar-refractivity contribution is 0.560. The summed E-state index contributed by atoms with van der Waals surface area (Å²) in [6.45, 7) is 1.61. The van der Waals surface area contributed by atoms with Gasteiger partial charge in [-0.2, -0.15) is 5.21 Å². The summed E-state index contributed by atoms with van der Waals surface area (Å²) in [5, 5.41) is 13.1. The number of sulfonamides is 1. The average molecular weight is 347 g/mol. The van der Waals surface area contributed by atoms with E-state index in [4.69, 9.17) is 5.73 Å². The van der Waals surface area contributed by atoms with E-state index in [2.05, 4.69) is 41.3 Å². The Labute approximate surface area is 118 Å². The van der Waals surface area contributed by atoms with Crippen molar-refractivity contribution < 1.29 is 8.42 Å². The van der Waals surface area contributed by atoms with Gasteiger partial charge in [-0.3, -0.25) is 0 Å². The van der Waals surface area contributed by atoms with E-state index in [1.165, 1.54) is 12.1 Å². The van der Waals surface area contributed by atoms with Crippen LogP contribution < -0.4 is 10.5 Å². The number of anilines is 1. The summed E-state index contributed by atoms with van der Waals surface area (Å²) < 4.78 is 27.5. The molecule has 8 nitrogen and oxygen atoms in total. The highest BCUT2D eigenvalue weighted by Crippen LogP contribution is 2.23. The van der Waals surface area contributed by atoms with Gasteiger partial charge in [-0.25, -0.2) is 13.1 Å². The third kappa shape index (κ3) is 3.08. The molecule has 0 saturated heterocycles. The standard InChI is InChI=1S/C9H11BrN6O2S/c1-5(9-12-15-16-13-9)14-19(17,18)8-3-2-6(10)4-7(8)11/h2-5,14H,11H2,1H3,(H,12,13,15,16).